The molecule has 1 aromatic carbocycles. The molecule has 1 saturated carbocycles. The molecule has 0 spiro atoms. The fourth-order valence-electron chi connectivity index (χ4n) is 3.13. The third-order valence-corrected chi connectivity index (χ3v) is 4.39. The van der Waals surface area contributed by atoms with Crippen molar-refractivity contribution in [3.05, 3.63) is 42.1 Å². The van der Waals surface area contributed by atoms with Crippen LogP contribution in [0, 0.1) is 11.3 Å². The first-order chi connectivity index (χ1) is 11.4. The summed E-state index contributed by atoms with van der Waals surface area (Å²) in [6, 6.07) is 12.5. The maximum atomic E-state index is 9.31. The predicted octanol–water partition coefficient (Wildman–Crippen LogP) is 4.54. The minimum absolute atomic E-state index is 0.437. The molecule has 2 aromatic rings. The van der Waals surface area contributed by atoms with Crippen LogP contribution >= 0.6 is 0 Å². The van der Waals surface area contributed by atoms with Crippen molar-refractivity contribution in [2.24, 2.45) is 0 Å². The van der Waals surface area contributed by atoms with Crippen molar-refractivity contribution in [1.82, 2.24) is 9.97 Å². The van der Waals surface area contributed by atoms with Gasteiger partial charge in [-0.05, 0) is 12.8 Å². The van der Waals surface area contributed by atoms with Gasteiger partial charge >= 0.3 is 0 Å². The van der Waals surface area contributed by atoms with Gasteiger partial charge in [0.2, 0.25) is 5.95 Å². The summed E-state index contributed by atoms with van der Waals surface area (Å²) in [6.07, 6.45) is 10.5. The van der Waals surface area contributed by atoms with Gasteiger partial charge in [-0.3, -0.25) is 0 Å². The Morgan fingerprint density at radius 3 is 2.39 bits per heavy atom. The summed E-state index contributed by atoms with van der Waals surface area (Å²) < 4.78 is 0. The third-order valence-electron chi connectivity index (χ3n) is 4.39. The van der Waals surface area contributed by atoms with E-state index in [2.05, 4.69) is 21.4 Å². The van der Waals surface area contributed by atoms with Crippen LogP contribution in [0.15, 0.2) is 36.5 Å². The van der Waals surface area contributed by atoms with Crippen molar-refractivity contribution in [2.75, 3.05) is 5.32 Å². The first-order valence-electron chi connectivity index (χ1n) is 8.46. The zero-order chi connectivity index (χ0) is 15.9. The molecule has 4 heteroatoms. The molecule has 23 heavy (non-hydrogen) atoms. The van der Waals surface area contributed by atoms with E-state index in [0.717, 1.165) is 5.56 Å². The number of anilines is 1. The number of hydrogen-bond acceptors (Lipinski definition) is 4. The van der Waals surface area contributed by atoms with Crippen molar-refractivity contribution in [3.8, 4) is 17.3 Å². The molecule has 0 unspecified atom stereocenters. The van der Waals surface area contributed by atoms with Gasteiger partial charge in [0.15, 0.2) is 0 Å². The first-order valence-corrected chi connectivity index (χ1v) is 8.46. The largest absolute Gasteiger partial charge is 0.351 e. The van der Waals surface area contributed by atoms with Gasteiger partial charge in [0.1, 0.15) is 6.07 Å². The number of nitrogens with one attached hydrogen (secondary N) is 1. The van der Waals surface area contributed by atoms with Crippen LogP contribution < -0.4 is 5.32 Å². The van der Waals surface area contributed by atoms with Gasteiger partial charge in [-0.15, -0.1) is 0 Å². The van der Waals surface area contributed by atoms with Gasteiger partial charge in [-0.25, -0.2) is 9.97 Å². The first kappa shape index (κ1) is 15.5. The maximum Gasteiger partial charge on any atom is 0.223 e. The Balaban J connectivity index is 1.82. The summed E-state index contributed by atoms with van der Waals surface area (Å²) in [6.45, 7) is 0. The highest BCUT2D eigenvalue weighted by Crippen LogP contribution is 2.23. The fourth-order valence-corrected chi connectivity index (χ4v) is 3.13. The third kappa shape index (κ3) is 4.07. The summed E-state index contributed by atoms with van der Waals surface area (Å²) in [5.41, 5.74) is 2.17. The highest BCUT2D eigenvalue weighted by atomic mass is 15.1. The molecule has 0 saturated heterocycles. The van der Waals surface area contributed by atoms with Gasteiger partial charge in [-0.1, -0.05) is 62.4 Å². The Hall–Kier alpha value is -2.41. The van der Waals surface area contributed by atoms with Crippen molar-refractivity contribution in [1.29, 1.82) is 5.26 Å². The van der Waals surface area contributed by atoms with Crippen LogP contribution in [0.2, 0.25) is 0 Å². The van der Waals surface area contributed by atoms with Crippen molar-refractivity contribution >= 4 is 5.95 Å². The van der Waals surface area contributed by atoms with E-state index >= 15 is 0 Å². The Morgan fingerprint density at radius 1 is 1.00 bits per heavy atom. The van der Waals surface area contributed by atoms with Gasteiger partial charge in [0, 0.05) is 11.6 Å². The average Bonchev–Trinajstić information content (AvgIpc) is 2.58. The zero-order valence-electron chi connectivity index (χ0n) is 13.3. The molecule has 0 atom stereocenters. The lowest BCUT2D eigenvalue weighted by Gasteiger charge is -2.21. The molecular weight excluding hydrogens is 284 g/mol. The molecule has 0 radical (unpaired) electrons. The van der Waals surface area contributed by atoms with Crippen LogP contribution in [0.25, 0.3) is 11.3 Å². The molecule has 1 fully saturated rings. The van der Waals surface area contributed by atoms with Gasteiger partial charge in [-0.2, -0.15) is 5.26 Å². The molecule has 0 aliphatic heterocycles. The van der Waals surface area contributed by atoms with Crippen LogP contribution in [0.5, 0.6) is 0 Å². The van der Waals surface area contributed by atoms with E-state index in [-0.39, 0.29) is 0 Å². The highest BCUT2D eigenvalue weighted by Gasteiger charge is 2.14. The molecule has 1 aromatic heterocycles. The number of benzene rings is 1. The molecule has 0 bridgehead atoms. The van der Waals surface area contributed by atoms with Crippen LogP contribution in [0.3, 0.4) is 0 Å². The van der Waals surface area contributed by atoms with Crippen molar-refractivity contribution in [3.63, 3.8) is 0 Å². The van der Waals surface area contributed by atoms with Crippen molar-refractivity contribution in [2.45, 2.75) is 51.0 Å². The molecule has 1 N–H and O–H groups in total. The number of nitriles is 1. The number of aromatic nitrogens is 2. The van der Waals surface area contributed by atoms with Gasteiger partial charge < -0.3 is 5.32 Å². The lowest BCUT2D eigenvalue weighted by molar-refractivity contribution is 0.470. The zero-order valence-corrected chi connectivity index (χ0v) is 13.3. The molecule has 118 valence electrons. The number of rotatable bonds is 3. The molecule has 1 aliphatic rings. The summed E-state index contributed by atoms with van der Waals surface area (Å²) in [5.74, 6) is 0.633. The molecule has 3 rings (SSSR count). The Labute approximate surface area is 137 Å². The highest BCUT2D eigenvalue weighted by molar-refractivity contribution is 5.66. The topological polar surface area (TPSA) is 61.6 Å². The van der Waals surface area contributed by atoms with Gasteiger partial charge in [0.25, 0.3) is 0 Å². The quantitative estimate of drug-likeness (QED) is 0.904. The van der Waals surface area contributed by atoms with E-state index in [0.29, 0.717) is 23.2 Å². The minimum atomic E-state index is 0.437. The molecule has 1 aliphatic carbocycles. The van der Waals surface area contributed by atoms with E-state index in [9.17, 15) is 5.26 Å². The molecular formula is C19H22N4. The second kappa shape index (κ2) is 7.73. The molecule has 4 nitrogen and oxygen atoms in total. The summed E-state index contributed by atoms with van der Waals surface area (Å²) in [7, 11) is 0. The van der Waals surface area contributed by atoms with Crippen LogP contribution in [-0.4, -0.2) is 16.0 Å². The number of hydrogen-bond donors (Lipinski definition) is 1. The summed E-state index contributed by atoms with van der Waals surface area (Å²) in [4.78, 5) is 8.96. The second-order valence-electron chi connectivity index (χ2n) is 6.12. The average molecular weight is 306 g/mol. The van der Waals surface area contributed by atoms with Gasteiger partial charge in [0.05, 0.1) is 17.5 Å². The Morgan fingerprint density at radius 2 is 1.70 bits per heavy atom. The van der Waals surface area contributed by atoms with E-state index < -0.39 is 0 Å². The van der Waals surface area contributed by atoms with Crippen LogP contribution in [0.4, 0.5) is 5.95 Å². The van der Waals surface area contributed by atoms with Crippen molar-refractivity contribution < 1.29 is 0 Å². The SMILES string of the molecule is N#Cc1cnc(NC2CCCCCCC2)nc1-c1ccccc1. The Kier molecular flexibility index (Phi) is 5.21. The van der Waals surface area contributed by atoms with Crippen LogP contribution in [0.1, 0.15) is 50.5 Å². The fraction of sp³-hybridized carbons (Fsp3) is 0.421. The normalized spacial score (nSPS) is 16.1. The van der Waals surface area contributed by atoms with E-state index in [1.165, 1.54) is 44.9 Å². The lowest BCUT2D eigenvalue weighted by Crippen LogP contribution is -2.22. The maximum absolute atomic E-state index is 9.31. The lowest BCUT2D eigenvalue weighted by atomic mass is 9.97. The van der Waals surface area contributed by atoms with E-state index in [4.69, 9.17) is 0 Å². The standard InChI is InChI=1S/C19H22N4/c20-13-16-14-21-19(22-17-11-7-2-1-3-8-12-17)23-18(16)15-9-5-4-6-10-15/h4-6,9-10,14,17H,1-3,7-8,11-12H2,(H,21,22,23). The van der Waals surface area contributed by atoms with Crippen LogP contribution in [-0.2, 0) is 0 Å². The smallest absolute Gasteiger partial charge is 0.223 e. The van der Waals surface area contributed by atoms with E-state index in [1.54, 1.807) is 6.20 Å². The molecule has 0 amide bonds. The Bertz CT molecular complexity index is 668. The molecule has 1 heterocycles. The number of nitrogens with zero attached hydrogens (tertiary/aromatic N) is 3. The monoisotopic (exact) mass is 306 g/mol. The summed E-state index contributed by atoms with van der Waals surface area (Å²) >= 11 is 0. The van der Waals surface area contributed by atoms with E-state index in [1.807, 2.05) is 30.3 Å². The predicted molar refractivity (Wildman–Crippen MR) is 91.9 cm³/mol. The minimum Gasteiger partial charge on any atom is -0.351 e. The second-order valence-corrected chi connectivity index (χ2v) is 6.12. The summed E-state index contributed by atoms with van der Waals surface area (Å²) in [5, 5.41) is 12.8.